The SMILES string of the molecule is O=C(Oc1ccccc1)c1ccccc1C(=O)Oc1ccccc1.[Na]. The van der Waals surface area contributed by atoms with Crippen LogP contribution in [0.15, 0.2) is 84.9 Å². The van der Waals surface area contributed by atoms with Gasteiger partial charge in [0.1, 0.15) is 11.5 Å². The molecule has 0 spiro atoms. The van der Waals surface area contributed by atoms with Crippen LogP contribution in [-0.2, 0) is 0 Å². The number of benzene rings is 3. The summed E-state index contributed by atoms with van der Waals surface area (Å²) in [5.41, 5.74) is 0.310. The number of para-hydroxylation sites is 2. The maximum atomic E-state index is 12.4. The molecule has 0 aromatic heterocycles. The van der Waals surface area contributed by atoms with E-state index < -0.39 is 11.9 Å². The number of ether oxygens (including phenoxy) is 2. The third-order valence-corrected chi connectivity index (χ3v) is 3.27. The first-order valence-electron chi connectivity index (χ1n) is 7.37. The second-order valence-electron chi connectivity index (χ2n) is 4.95. The van der Waals surface area contributed by atoms with Crippen LogP contribution in [0.1, 0.15) is 20.7 Å². The van der Waals surface area contributed by atoms with Crippen molar-refractivity contribution in [2.24, 2.45) is 0 Å². The molecule has 0 fully saturated rings. The van der Waals surface area contributed by atoms with Gasteiger partial charge in [-0.15, -0.1) is 0 Å². The van der Waals surface area contributed by atoms with E-state index in [-0.39, 0.29) is 40.7 Å². The van der Waals surface area contributed by atoms with Crippen LogP contribution in [0.5, 0.6) is 11.5 Å². The largest absolute Gasteiger partial charge is 0.423 e. The minimum atomic E-state index is -0.609. The first-order chi connectivity index (χ1) is 11.7. The minimum Gasteiger partial charge on any atom is -0.423 e. The van der Waals surface area contributed by atoms with E-state index in [9.17, 15) is 9.59 Å². The molecule has 4 nitrogen and oxygen atoms in total. The number of hydrogen-bond acceptors (Lipinski definition) is 4. The number of rotatable bonds is 4. The Hall–Kier alpha value is -2.40. The molecular weight excluding hydrogens is 327 g/mol. The van der Waals surface area contributed by atoms with Gasteiger partial charge in [0.05, 0.1) is 11.1 Å². The Kier molecular flexibility index (Phi) is 6.95. The molecule has 0 saturated heterocycles. The Balaban J connectivity index is 0.00000225. The molecule has 0 atom stereocenters. The molecule has 0 unspecified atom stereocenters. The summed E-state index contributed by atoms with van der Waals surface area (Å²) >= 11 is 0. The van der Waals surface area contributed by atoms with E-state index in [0.717, 1.165) is 0 Å². The Morgan fingerprint density at radius 2 is 0.840 bits per heavy atom. The van der Waals surface area contributed by atoms with Crippen molar-refractivity contribution in [3.63, 3.8) is 0 Å². The summed E-state index contributed by atoms with van der Waals surface area (Å²) in [6.45, 7) is 0. The summed E-state index contributed by atoms with van der Waals surface area (Å²) in [5, 5.41) is 0. The van der Waals surface area contributed by atoms with Crippen molar-refractivity contribution in [3.05, 3.63) is 96.1 Å². The topological polar surface area (TPSA) is 52.6 Å². The smallest absolute Gasteiger partial charge is 0.344 e. The molecule has 0 aliphatic rings. The Morgan fingerprint density at radius 1 is 0.520 bits per heavy atom. The summed E-state index contributed by atoms with van der Waals surface area (Å²) in [6.07, 6.45) is 0. The van der Waals surface area contributed by atoms with Gasteiger partial charge in [0.2, 0.25) is 0 Å². The summed E-state index contributed by atoms with van der Waals surface area (Å²) in [4.78, 5) is 24.7. The molecule has 1 radical (unpaired) electrons. The van der Waals surface area contributed by atoms with Gasteiger partial charge in [0, 0.05) is 29.6 Å². The molecule has 5 heteroatoms. The van der Waals surface area contributed by atoms with Crippen LogP contribution < -0.4 is 9.47 Å². The van der Waals surface area contributed by atoms with Crippen LogP contribution in [-0.4, -0.2) is 41.5 Å². The fraction of sp³-hybridized carbons (Fsp3) is 0. The summed E-state index contributed by atoms with van der Waals surface area (Å²) < 4.78 is 10.6. The van der Waals surface area contributed by atoms with Crippen molar-refractivity contribution < 1.29 is 19.1 Å². The number of carbonyl (C=O) groups is 2. The molecule has 0 saturated carbocycles. The van der Waals surface area contributed by atoms with E-state index >= 15 is 0 Å². The predicted octanol–water partition coefficient (Wildman–Crippen LogP) is 3.74. The standard InChI is InChI=1S/C20H14O4.Na/c21-19(23-15-9-3-1-4-10-15)17-13-7-8-14-18(17)20(22)24-16-11-5-2-6-12-16;/h1-14H;. The van der Waals surface area contributed by atoms with E-state index in [1.54, 1.807) is 60.7 Å². The van der Waals surface area contributed by atoms with E-state index in [0.29, 0.717) is 11.5 Å². The Bertz CT molecular complexity index is 775. The zero-order chi connectivity index (χ0) is 16.8. The van der Waals surface area contributed by atoms with Crippen LogP contribution in [0.3, 0.4) is 0 Å². The number of esters is 2. The van der Waals surface area contributed by atoms with Crippen LogP contribution in [0, 0.1) is 0 Å². The molecule has 0 heterocycles. The van der Waals surface area contributed by atoms with Crippen molar-refractivity contribution in [2.45, 2.75) is 0 Å². The molecule has 0 bridgehead atoms. The van der Waals surface area contributed by atoms with Crippen LogP contribution >= 0.6 is 0 Å². The van der Waals surface area contributed by atoms with E-state index in [1.165, 1.54) is 12.1 Å². The van der Waals surface area contributed by atoms with Gasteiger partial charge in [0.15, 0.2) is 0 Å². The van der Waals surface area contributed by atoms with E-state index in [2.05, 4.69) is 0 Å². The average Bonchev–Trinajstić information content (AvgIpc) is 2.63. The van der Waals surface area contributed by atoms with Crippen molar-refractivity contribution in [1.82, 2.24) is 0 Å². The second kappa shape index (κ2) is 9.18. The zero-order valence-electron chi connectivity index (χ0n) is 13.7. The van der Waals surface area contributed by atoms with Gasteiger partial charge in [-0.3, -0.25) is 0 Å². The van der Waals surface area contributed by atoms with E-state index in [1.807, 2.05) is 12.1 Å². The third-order valence-electron chi connectivity index (χ3n) is 3.27. The molecule has 119 valence electrons. The van der Waals surface area contributed by atoms with Crippen molar-refractivity contribution >= 4 is 41.5 Å². The minimum absolute atomic E-state index is 0. The number of hydrogen-bond donors (Lipinski definition) is 0. The van der Waals surface area contributed by atoms with Crippen molar-refractivity contribution in [2.75, 3.05) is 0 Å². The van der Waals surface area contributed by atoms with Crippen LogP contribution in [0.25, 0.3) is 0 Å². The Morgan fingerprint density at radius 3 is 1.20 bits per heavy atom. The predicted molar refractivity (Wildman–Crippen MR) is 95.0 cm³/mol. The van der Waals surface area contributed by atoms with Crippen molar-refractivity contribution in [1.29, 1.82) is 0 Å². The first kappa shape index (κ1) is 18.9. The fourth-order valence-corrected chi connectivity index (χ4v) is 2.14. The van der Waals surface area contributed by atoms with Gasteiger partial charge in [-0.1, -0.05) is 48.5 Å². The molecular formula is C20H14NaO4. The second-order valence-corrected chi connectivity index (χ2v) is 4.95. The molecule has 3 aromatic rings. The molecule has 3 aromatic carbocycles. The van der Waals surface area contributed by atoms with Gasteiger partial charge in [-0.25, -0.2) is 9.59 Å². The normalized spacial score (nSPS) is 9.60. The fourth-order valence-electron chi connectivity index (χ4n) is 2.14. The molecule has 0 aliphatic carbocycles. The maximum absolute atomic E-state index is 12.4. The van der Waals surface area contributed by atoms with Gasteiger partial charge in [-0.2, -0.15) is 0 Å². The number of carbonyl (C=O) groups excluding carboxylic acids is 2. The van der Waals surface area contributed by atoms with Gasteiger partial charge >= 0.3 is 11.9 Å². The zero-order valence-corrected chi connectivity index (χ0v) is 15.7. The molecule has 0 aliphatic heterocycles. The maximum Gasteiger partial charge on any atom is 0.344 e. The summed E-state index contributed by atoms with van der Waals surface area (Å²) in [5.74, 6) is -0.397. The molecule has 25 heavy (non-hydrogen) atoms. The molecule has 3 rings (SSSR count). The average molecular weight is 341 g/mol. The van der Waals surface area contributed by atoms with Crippen LogP contribution in [0.4, 0.5) is 0 Å². The van der Waals surface area contributed by atoms with E-state index in [4.69, 9.17) is 9.47 Å². The quantitative estimate of drug-likeness (QED) is 0.412. The monoisotopic (exact) mass is 341 g/mol. The van der Waals surface area contributed by atoms with Gasteiger partial charge < -0.3 is 9.47 Å². The molecule has 0 N–H and O–H groups in total. The van der Waals surface area contributed by atoms with Crippen molar-refractivity contribution in [3.8, 4) is 11.5 Å². The summed E-state index contributed by atoms with van der Waals surface area (Å²) in [6, 6.07) is 23.8. The molecule has 0 amide bonds. The summed E-state index contributed by atoms with van der Waals surface area (Å²) in [7, 11) is 0. The van der Waals surface area contributed by atoms with Crippen LogP contribution in [0.2, 0.25) is 0 Å². The van der Waals surface area contributed by atoms with Gasteiger partial charge in [0.25, 0.3) is 0 Å². The third kappa shape index (κ3) is 5.03. The Labute approximate surface area is 167 Å². The van der Waals surface area contributed by atoms with Gasteiger partial charge in [-0.05, 0) is 36.4 Å². The first-order valence-corrected chi connectivity index (χ1v) is 7.37.